The highest BCUT2D eigenvalue weighted by molar-refractivity contribution is 5.94. The second-order valence-electron chi connectivity index (χ2n) is 9.37. The third-order valence-electron chi connectivity index (χ3n) is 5.82. The van der Waals surface area contributed by atoms with Crippen molar-refractivity contribution >= 4 is 11.6 Å². The molecule has 5 atom stereocenters. The summed E-state index contributed by atoms with van der Waals surface area (Å²) in [4.78, 5) is 25.3. The summed E-state index contributed by atoms with van der Waals surface area (Å²) in [7, 11) is 1.47. The van der Waals surface area contributed by atoms with Gasteiger partial charge in [0, 0.05) is 18.7 Å². The topological polar surface area (TPSA) is 170 Å². The minimum absolute atomic E-state index is 0.116. The summed E-state index contributed by atoms with van der Waals surface area (Å²) in [6.45, 7) is 5.12. The molecule has 1 amide bonds. The number of nitrogens with two attached hydrogens (primary N) is 1. The molecule has 1 unspecified atom stereocenters. The average molecular weight is 481 g/mol. The van der Waals surface area contributed by atoms with Crippen LogP contribution in [0, 0.1) is 15.5 Å². The molecule has 0 aromatic heterocycles. The average Bonchev–Trinajstić information content (AvgIpc) is 3.14. The van der Waals surface area contributed by atoms with Gasteiger partial charge in [0.25, 0.3) is 11.6 Å². The first-order chi connectivity index (χ1) is 16.0. The van der Waals surface area contributed by atoms with Crippen molar-refractivity contribution in [2.45, 2.75) is 58.0 Å². The fourth-order valence-corrected chi connectivity index (χ4v) is 4.06. The molecule has 2 aliphatic heterocycles. The molecule has 0 saturated carbocycles. The fraction of sp³-hybridized carbons (Fsp3) is 0.591. The number of rotatable bonds is 8. The summed E-state index contributed by atoms with van der Waals surface area (Å²) in [5, 5.41) is 33.7. The van der Waals surface area contributed by atoms with Crippen molar-refractivity contribution < 1.29 is 34.1 Å². The van der Waals surface area contributed by atoms with Crippen LogP contribution < -0.4 is 15.8 Å². The van der Waals surface area contributed by atoms with Gasteiger partial charge in [0.05, 0.1) is 48.6 Å². The SMILES string of the molecule is COc1ccc([N+](=O)[O-])c([C@@H](OCC2=CN([C@H]3C[C@@H](O)[C@@H](CO)O3)C(N)NC2=O)C(C)(C)C)c1. The van der Waals surface area contributed by atoms with Crippen molar-refractivity contribution in [3.05, 3.63) is 45.6 Å². The van der Waals surface area contributed by atoms with Crippen LogP contribution in [0.25, 0.3) is 0 Å². The summed E-state index contributed by atoms with van der Waals surface area (Å²) in [5.41, 5.74) is 5.92. The Morgan fingerprint density at radius 1 is 1.41 bits per heavy atom. The number of nitrogens with one attached hydrogen (secondary N) is 1. The van der Waals surface area contributed by atoms with E-state index in [0.717, 1.165) is 0 Å². The maximum atomic E-state index is 12.6. The molecule has 1 saturated heterocycles. The highest BCUT2D eigenvalue weighted by atomic mass is 16.6. The number of aliphatic hydroxyl groups excluding tert-OH is 2. The van der Waals surface area contributed by atoms with Gasteiger partial charge in [-0.15, -0.1) is 0 Å². The van der Waals surface area contributed by atoms with E-state index in [9.17, 15) is 25.1 Å². The van der Waals surface area contributed by atoms with Crippen LogP contribution in [0.15, 0.2) is 30.0 Å². The highest BCUT2D eigenvalue weighted by Crippen LogP contribution is 2.42. The predicted octanol–water partition coefficient (Wildman–Crippen LogP) is 0.733. The van der Waals surface area contributed by atoms with E-state index in [4.69, 9.17) is 19.9 Å². The van der Waals surface area contributed by atoms with Crippen LogP contribution in [0.3, 0.4) is 0 Å². The first-order valence-corrected chi connectivity index (χ1v) is 10.9. The molecule has 0 bridgehead atoms. The van der Waals surface area contributed by atoms with Gasteiger partial charge in [-0.3, -0.25) is 20.6 Å². The van der Waals surface area contributed by atoms with Gasteiger partial charge in [-0.2, -0.15) is 0 Å². The minimum atomic E-state index is -0.899. The molecular weight excluding hydrogens is 448 g/mol. The monoisotopic (exact) mass is 480 g/mol. The lowest BCUT2D eigenvalue weighted by molar-refractivity contribution is -0.386. The fourth-order valence-electron chi connectivity index (χ4n) is 4.06. The zero-order valence-corrected chi connectivity index (χ0v) is 19.6. The smallest absolute Gasteiger partial charge is 0.275 e. The Balaban J connectivity index is 1.87. The Kier molecular flexibility index (Phi) is 7.78. The van der Waals surface area contributed by atoms with E-state index >= 15 is 0 Å². The third kappa shape index (κ3) is 5.47. The first-order valence-electron chi connectivity index (χ1n) is 10.9. The van der Waals surface area contributed by atoms with Crippen LogP contribution in [0.4, 0.5) is 5.69 Å². The number of nitro benzene ring substituents is 1. The molecule has 1 aromatic rings. The molecule has 0 spiro atoms. The Labute approximate surface area is 197 Å². The van der Waals surface area contributed by atoms with Gasteiger partial charge in [-0.05, 0) is 17.5 Å². The van der Waals surface area contributed by atoms with Crippen LogP contribution in [-0.4, -0.2) is 71.0 Å². The molecule has 12 heteroatoms. The van der Waals surface area contributed by atoms with E-state index < -0.39 is 47.1 Å². The van der Waals surface area contributed by atoms with Crippen molar-refractivity contribution in [2.24, 2.45) is 11.1 Å². The van der Waals surface area contributed by atoms with E-state index in [1.165, 1.54) is 25.4 Å². The molecule has 1 fully saturated rings. The van der Waals surface area contributed by atoms with Crippen LogP contribution >= 0.6 is 0 Å². The van der Waals surface area contributed by atoms with Gasteiger partial charge in [-0.1, -0.05) is 20.8 Å². The normalized spacial score (nSPS) is 26.1. The largest absolute Gasteiger partial charge is 0.497 e. The molecule has 1 aromatic carbocycles. The Morgan fingerprint density at radius 3 is 2.68 bits per heavy atom. The molecule has 5 N–H and O–H groups in total. The van der Waals surface area contributed by atoms with Crippen molar-refractivity contribution in [1.82, 2.24) is 10.2 Å². The standard InChI is InChI=1S/C22H32N4O8/c1-22(2,3)19(14-7-13(32-4)5-6-15(14)26(30)31)33-11-12-9-25(21(23)24-20(12)29)18-8-16(28)17(10-27)34-18/h5-7,9,16-19,21,27-28H,8,10-11,23H2,1-4H3,(H,24,29)/t16-,17-,18-,19-,21?/m1/s1. The number of amides is 1. The van der Waals surface area contributed by atoms with Crippen molar-refractivity contribution in [2.75, 3.05) is 20.3 Å². The molecule has 0 radical (unpaired) electrons. The molecule has 188 valence electrons. The molecule has 2 heterocycles. The highest BCUT2D eigenvalue weighted by Gasteiger charge is 2.40. The Hall–Kier alpha value is -2.77. The number of aliphatic hydroxyl groups is 2. The number of nitro groups is 1. The lowest BCUT2D eigenvalue weighted by Gasteiger charge is -2.37. The van der Waals surface area contributed by atoms with E-state index in [2.05, 4.69) is 5.32 Å². The summed E-state index contributed by atoms with van der Waals surface area (Å²) in [6.07, 6.45) is -2.22. The zero-order chi connectivity index (χ0) is 25.2. The maximum Gasteiger partial charge on any atom is 0.275 e. The van der Waals surface area contributed by atoms with Gasteiger partial charge in [-0.25, -0.2) is 0 Å². The molecule has 34 heavy (non-hydrogen) atoms. The van der Waals surface area contributed by atoms with E-state index in [-0.39, 0.29) is 30.9 Å². The van der Waals surface area contributed by atoms with Gasteiger partial charge >= 0.3 is 0 Å². The molecule has 3 rings (SSSR count). The number of nitrogens with zero attached hydrogens (tertiary/aromatic N) is 2. The van der Waals surface area contributed by atoms with Crippen LogP contribution in [-0.2, 0) is 14.3 Å². The summed E-state index contributed by atoms with van der Waals surface area (Å²) in [6, 6.07) is 4.44. The van der Waals surface area contributed by atoms with Crippen molar-refractivity contribution in [3.63, 3.8) is 0 Å². The van der Waals surface area contributed by atoms with Gasteiger partial charge in [0.2, 0.25) is 0 Å². The lowest BCUT2D eigenvalue weighted by Crippen LogP contribution is -2.59. The third-order valence-corrected chi connectivity index (χ3v) is 5.82. The van der Waals surface area contributed by atoms with Crippen LogP contribution in [0.1, 0.15) is 38.9 Å². The number of carbonyl (C=O) groups is 1. The maximum absolute atomic E-state index is 12.6. The van der Waals surface area contributed by atoms with Crippen LogP contribution in [0.2, 0.25) is 0 Å². The molecular formula is C22H32N4O8. The predicted molar refractivity (Wildman–Crippen MR) is 120 cm³/mol. The number of carbonyl (C=O) groups excluding carboxylic acids is 1. The van der Waals surface area contributed by atoms with Crippen molar-refractivity contribution in [3.8, 4) is 5.75 Å². The first kappa shape index (κ1) is 25.8. The quantitative estimate of drug-likeness (QED) is 0.307. The summed E-state index contributed by atoms with van der Waals surface area (Å²) in [5.74, 6) is -0.00518. The van der Waals surface area contributed by atoms with Gasteiger partial charge in [0.15, 0.2) is 6.29 Å². The van der Waals surface area contributed by atoms with Crippen LogP contribution in [0.5, 0.6) is 5.75 Å². The number of hydrogen-bond donors (Lipinski definition) is 4. The second kappa shape index (κ2) is 10.2. The molecule has 0 aliphatic carbocycles. The molecule has 12 nitrogen and oxygen atoms in total. The zero-order valence-electron chi connectivity index (χ0n) is 19.6. The Morgan fingerprint density at radius 2 is 2.12 bits per heavy atom. The minimum Gasteiger partial charge on any atom is -0.497 e. The van der Waals surface area contributed by atoms with Crippen molar-refractivity contribution in [1.29, 1.82) is 0 Å². The second-order valence-corrected chi connectivity index (χ2v) is 9.37. The van der Waals surface area contributed by atoms with Gasteiger partial charge < -0.3 is 34.6 Å². The number of ether oxygens (including phenoxy) is 3. The van der Waals surface area contributed by atoms with E-state index in [1.54, 1.807) is 11.0 Å². The molecule has 2 aliphatic rings. The number of methoxy groups -OCH3 is 1. The number of benzene rings is 1. The van der Waals surface area contributed by atoms with E-state index in [0.29, 0.717) is 11.3 Å². The summed E-state index contributed by atoms with van der Waals surface area (Å²) >= 11 is 0. The van der Waals surface area contributed by atoms with Gasteiger partial charge in [0.1, 0.15) is 18.1 Å². The lowest BCUT2D eigenvalue weighted by atomic mass is 9.83. The van der Waals surface area contributed by atoms with E-state index in [1.807, 2.05) is 20.8 Å². The number of hydrogen-bond acceptors (Lipinski definition) is 10. The summed E-state index contributed by atoms with van der Waals surface area (Å²) < 4.78 is 17.0. The Bertz CT molecular complexity index is 947.